The second kappa shape index (κ2) is 11.2. The highest BCUT2D eigenvalue weighted by atomic mass is 32.2. The van der Waals surface area contributed by atoms with Crippen LogP contribution in [0.25, 0.3) is 11.0 Å². The van der Waals surface area contributed by atoms with E-state index in [1.807, 2.05) is 61.7 Å². The Morgan fingerprint density at radius 1 is 1.03 bits per heavy atom. The summed E-state index contributed by atoms with van der Waals surface area (Å²) in [4.78, 5) is 21.9. The zero-order chi connectivity index (χ0) is 26.6. The lowest BCUT2D eigenvalue weighted by atomic mass is 10.0. The smallest absolute Gasteiger partial charge is 0.324 e. The van der Waals surface area contributed by atoms with E-state index < -0.39 is 22.0 Å². The highest BCUT2D eigenvalue weighted by molar-refractivity contribution is 7.89. The molecule has 194 valence electrons. The second-order valence-electron chi connectivity index (χ2n) is 9.51. The van der Waals surface area contributed by atoms with Gasteiger partial charge in [0.15, 0.2) is 0 Å². The number of aryl methyl sites for hydroxylation is 1. The molecule has 0 fully saturated rings. The summed E-state index contributed by atoms with van der Waals surface area (Å²) in [6.45, 7) is 6.45. The molecule has 37 heavy (non-hydrogen) atoms. The Bertz CT molecular complexity index is 1470. The van der Waals surface area contributed by atoms with Crippen molar-refractivity contribution >= 4 is 27.0 Å². The first kappa shape index (κ1) is 26.5. The second-order valence-corrected chi connectivity index (χ2v) is 11.5. The number of pyridine rings is 1. The average molecular weight is 521 g/mol. The molecule has 0 aliphatic heterocycles. The summed E-state index contributed by atoms with van der Waals surface area (Å²) < 4.78 is 35.7. The zero-order valence-corrected chi connectivity index (χ0v) is 22.4. The highest BCUT2D eigenvalue weighted by Crippen LogP contribution is 2.23. The van der Waals surface area contributed by atoms with Crippen LogP contribution in [0.5, 0.6) is 0 Å². The molecule has 1 atom stereocenters. The van der Waals surface area contributed by atoms with Gasteiger partial charge < -0.3 is 9.30 Å². The van der Waals surface area contributed by atoms with Crippen LogP contribution in [0, 0.1) is 12.8 Å². The first-order valence-corrected chi connectivity index (χ1v) is 13.6. The number of imidazole rings is 1. The third-order valence-corrected chi connectivity index (χ3v) is 8.19. The number of sulfonamides is 1. The molecule has 0 saturated heterocycles. The van der Waals surface area contributed by atoms with Crippen molar-refractivity contribution in [1.82, 2.24) is 18.8 Å². The summed E-state index contributed by atoms with van der Waals surface area (Å²) in [5, 5.41) is 0. The lowest BCUT2D eigenvalue weighted by Crippen LogP contribution is -2.44. The molecular weight excluding hydrogens is 488 g/mol. The van der Waals surface area contributed by atoms with Crippen molar-refractivity contribution in [3.63, 3.8) is 0 Å². The Labute approximate surface area is 218 Å². The molecule has 0 saturated carbocycles. The zero-order valence-electron chi connectivity index (χ0n) is 21.5. The van der Waals surface area contributed by atoms with Gasteiger partial charge in [-0.25, -0.2) is 13.4 Å². The van der Waals surface area contributed by atoms with Gasteiger partial charge in [0, 0.05) is 19.8 Å². The molecule has 2 aromatic heterocycles. The predicted molar refractivity (Wildman–Crippen MR) is 142 cm³/mol. The van der Waals surface area contributed by atoms with Crippen molar-refractivity contribution in [2.24, 2.45) is 5.92 Å². The largest absolute Gasteiger partial charge is 0.460 e. The molecule has 0 aliphatic rings. The number of aromatic nitrogens is 3. The van der Waals surface area contributed by atoms with E-state index in [9.17, 15) is 13.2 Å². The molecule has 0 N–H and O–H groups in total. The molecule has 2 aromatic carbocycles. The van der Waals surface area contributed by atoms with Gasteiger partial charge in [0.2, 0.25) is 10.0 Å². The standard InChI is InChI=1S/C28H32N4O4S/c1-20(2)16-26(28(33)36-19-23-8-6-5-7-9-23)31(4)37(34,35)24-12-10-22(11-13-24)18-32-21(3)30-25-14-15-29-17-27(25)32/h5-15,17,20,26H,16,18-19H2,1-4H3/t26-/m0/s1. The van der Waals surface area contributed by atoms with Crippen molar-refractivity contribution in [2.45, 2.75) is 51.3 Å². The van der Waals surface area contributed by atoms with Gasteiger partial charge in [0.05, 0.1) is 22.1 Å². The van der Waals surface area contributed by atoms with Crippen LogP contribution < -0.4 is 0 Å². The predicted octanol–water partition coefficient (Wildman–Crippen LogP) is 4.57. The van der Waals surface area contributed by atoms with E-state index in [0.717, 1.165) is 32.3 Å². The maximum atomic E-state index is 13.5. The van der Waals surface area contributed by atoms with Crippen molar-refractivity contribution in [2.75, 3.05) is 7.05 Å². The normalized spacial score (nSPS) is 12.8. The monoisotopic (exact) mass is 520 g/mol. The molecule has 0 spiro atoms. The summed E-state index contributed by atoms with van der Waals surface area (Å²) in [5.74, 6) is 0.387. The molecular formula is C28H32N4O4S. The lowest BCUT2D eigenvalue weighted by molar-refractivity contribution is -0.149. The molecule has 0 radical (unpaired) electrons. The van der Waals surface area contributed by atoms with Crippen LogP contribution in [0.2, 0.25) is 0 Å². The maximum absolute atomic E-state index is 13.5. The van der Waals surface area contributed by atoms with E-state index >= 15 is 0 Å². The number of carbonyl (C=O) groups excluding carboxylic acids is 1. The van der Waals surface area contributed by atoms with Gasteiger partial charge in [-0.1, -0.05) is 56.3 Å². The minimum absolute atomic E-state index is 0.0920. The van der Waals surface area contributed by atoms with Crippen LogP contribution in [0.3, 0.4) is 0 Å². The number of esters is 1. The Balaban J connectivity index is 1.51. The van der Waals surface area contributed by atoms with Crippen molar-refractivity contribution < 1.29 is 17.9 Å². The first-order chi connectivity index (χ1) is 17.7. The molecule has 4 aromatic rings. The number of fused-ring (bicyclic) bond motifs is 1. The number of benzene rings is 2. The van der Waals surface area contributed by atoms with Crippen LogP contribution >= 0.6 is 0 Å². The van der Waals surface area contributed by atoms with Crippen LogP contribution in [0.4, 0.5) is 0 Å². The summed E-state index contributed by atoms with van der Waals surface area (Å²) in [6.07, 6.45) is 3.83. The van der Waals surface area contributed by atoms with E-state index in [0.29, 0.717) is 13.0 Å². The molecule has 0 aliphatic carbocycles. The topological polar surface area (TPSA) is 94.4 Å². The van der Waals surface area contributed by atoms with Gasteiger partial charge in [0.25, 0.3) is 0 Å². The summed E-state index contributed by atoms with van der Waals surface area (Å²) in [5.41, 5.74) is 3.55. The number of nitrogens with zero attached hydrogens (tertiary/aromatic N) is 4. The third kappa shape index (κ3) is 6.06. The highest BCUT2D eigenvalue weighted by Gasteiger charge is 2.34. The molecule has 4 rings (SSSR count). The fraction of sp³-hybridized carbons (Fsp3) is 0.321. The van der Waals surface area contributed by atoms with E-state index in [4.69, 9.17) is 4.74 Å². The molecule has 0 bridgehead atoms. The minimum Gasteiger partial charge on any atom is -0.460 e. The number of hydrogen-bond acceptors (Lipinski definition) is 6. The number of carbonyl (C=O) groups is 1. The van der Waals surface area contributed by atoms with Gasteiger partial charge in [-0.05, 0) is 48.6 Å². The quantitative estimate of drug-likeness (QED) is 0.285. The fourth-order valence-corrected chi connectivity index (χ4v) is 5.56. The van der Waals surface area contributed by atoms with Gasteiger partial charge in [0.1, 0.15) is 18.5 Å². The Morgan fingerprint density at radius 2 is 1.73 bits per heavy atom. The van der Waals surface area contributed by atoms with Crippen molar-refractivity contribution in [3.8, 4) is 0 Å². The minimum atomic E-state index is -3.93. The summed E-state index contributed by atoms with van der Waals surface area (Å²) >= 11 is 0. The van der Waals surface area contributed by atoms with Gasteiger partial charge in [-0.2, -0.15) is 4.31 Å². The van der Waals surface area contributed by atoms with Crippen LogP contribution in [-0.4, -0.2) is 46.3 Å². The molecule has 0 amide bonds. The Kier molecular flexibility index (Phi) is 8.04. The Hall–Kier alpha value is -3.56. The molecule has 2 heterocycles. The SMILES string of the molecule is Cc1nc2ccncc2n1Cc1ccc(S(=O)(=O)N(C)[C@@H](CC(C)C)C(=O)OCc2ccccc2)cc1. The number of hydrogen-bond donors (Lipinski definition) is 0. The maximum Gasteiger partial charge on any atom is 0.324 e. The number of ether oxygens (including phenoxy) is 1. The molecule has 9 heteroatoms. The van der Waals surface area contributed by atoms with Gasteiger partial charge in [-0.15, -0.1) is 0 Å². The van der Waals surface area contributed by atoms with Crippen LogP contribution in [-0.2, 0) is 32.7 Å². The van der Waals surface area contributed by atoms with E-state index in [-0.39, 0.29) is 17.4 Å². The Morgan fingerprint density at radius 3 is 2.41 bits per heavy atom. The molecule has 0 unspecified atom stereocenters. The van der Waals surface area contributed by atoms with E-state index in [1.165, 1.54) is 7.05 Å². The van der Waals surface area contributed by atoms with Crippen LogP contribution in [0.1, 0.15) is 37.2 Å². The fourth-order valence-electron chi connectivity index (χ4n) is 4.24. The van der Waals surface area contributed by atoms with E-state index in [2.05, 4.69) is 9.97 Å². The van der Waals surface area contributed by atoms with Crippen molar-refractivity contribution in [3.05, 3.63) is 90.0 Å². The van der Waals surface area contributed by atoms with Crippen molar-refractivity contribution in [1.29, 1.82) is 0 Å². The summed E-state index contributed by atoms with van der Waals surface area (Å²) in [6, 6.07) is 17.0. The first-order valence-electron chi connectivity index (χ1n) is 12.2. The van der Waals surface area contributed by atoms with Gasteiger partial charge in [-0.3, -0.25) is 9.78 Å². The summed E-state index contributed by atoms with van der Waals surface area (Å²) in [7, 11) is -2.49. The molecule has 8 nitrogen and oxygen atoms in total. The number of rotatable bonds is 10. The average Bonchev–Trinajstić information content (AvgIpc) is 3.21. The third-order valence-electron chi connectivity index (χ3n) is 6.31. The lowest BCUT2D eigenvalue weighted by Gasteiger charge is -2.27. The van der Waals surface area contributed by atoms with E-state index in [1.54, 1.807) is 36.7 Å². The van der Waals surface area contributed by atoms with Crippen LogP contribution in [0.15, 0.2) is 78.0 Å². The van der Waals surface area contributed by atoms with Gasteiger partial charge >= 0.3 is 5.97 Å². The number of likely N-dealkylation sites (N-methyl/N-ethyl adjacent to an activating group) is 1.